The van der Waals surface area contributed by atoms with Gasteiger partial charge in [-0.1, -0.05) is 72.3 Å². The highest BCUT2D eigenvalue weighted by Gasteiger charge is 2.44. The molecule has 1 fully saturated rings. The quantitative estimate of drug-likeness (QED) is 0.483. The first-order valence-corrected chi connectivity index (χ1v) is 11.1. The van der Waals surface area contributed by atoms with E-state index in [1.54, 1.807) is 0 Å². The van der Waals surface area contributed by atoms with E-state index in [0.717, 1.165) is 27.2 Å². The van der Waals surface area contributed by atoms with Crippen LogP contribution in [0.25, 0.3) is 11.1 Å². The molecule has 1 N–H and O–H groups in total. The molecule has 1 amide bonds. The number of carbonyl (C=O) groups excluding carboxylic acids is 1. The van der Waals surface area contributed by atoms with Gasteiger partial charge in [0, 0.05) is 17.5 Å². The lowest BCUT2D eigenvalue weighted by molar-refractivity contribution is -0.143. The van der Waals surface area contributed by atoms with Crippen molar-refractivity contribution >= 4 is 23.7 Å². The van der Waals surface area contributed by atoms with E-state index in [1.165, 1.54) is 18.2 Å². The van der Waals surface area contributed by atoms with Crippen molar-refractivity contribution in [2.24, 2.45) is 0 Å². The van der Waals surface area contributed by atoms with Crippen LogP contribution in [0, 0.1) is 5.82 Å². The fourth-order valence-corrected chi connectivity index (χ4v) is 4.80. The molecule has 3 aromatic carbocycles. The molecular formula is C26H21ClFNO4. The van der Waals surface area contributed by atoms with Crippen LogP contribution in [-0.2, 0) is 9.53 Å². The average Bonchev–Trinajstić information content (AvgIpc) is 3.60. The zero-order valence-electron chi connectivity index (χ0n) is 17.6. The van der Waals surface area contributed by atoms with Gasteiger partial charge in [-0.05, 0) is 41.2 Å². The van der Waals surface area contributed by atoms with E-state index in [9.17, 15) is 19.1 Å². The summed E-state index contributed by atoms with van der Waals surface area (Å²) < 4.78 is 20.4. The Morgan fingerprint density at radius 3 is 2.18 bits per heavy atom. The summed E-state index contributed by atoms with van der Waals surface area (Å²) in [7, 11) is 0. The van der Waals surface area contributed by atoms with E-state index in [-0.39, 0.29) is 29.2 Å². The molecule has 2 aliphatic carbocycles. The van der Waals surface area contributed by atoms with Crippen molar-refractivity contribution in [3.05, 3.63) is 94.3 Å². The first kappa shape index (κ1) is 21.5. The number of carboxylic acids is 1. The second kappa shape index (κ2) is 8.52. The Morgan fingerprint density at radius 1 is 1.00 bits per heavy atom. The fourth-order valence-electron chi connectivity index (χ4n) is 4.62. The van der Waals surface area contributed by atoms with Crippen molar-refractivity contribution in [1.82, 2.24) is 4.90 Å². The zero-order chi connectivity index (χ0) is 23.1. The molecule has 0 bridgehead atoms. The number of benzene rings is 3. The van der Waals surface area contributed by atoms with Gasteiger partial charge in [-0.2, -0.15) is 0 Å². The molecule has 5 rings (SSSR count). The lowest BCUT2D eigenvalue weighted by Gasteiger charge is -2.29. The Labute approximate surface area is 195 Å². The van der Waals surface area contributed by atoms with Gasteiger partial charge in [0.15, 0.2) is 6.04 Å². The van der Waals surface area contributed by atoms with Gasteiger partial charge in [0.2, 0.25) is 0 Å². The molecule has 33 heavy (non-hydrogen) atoms. The summed E-state index contributed by atoms with van der Waals surface area (Å²) in [6, 6.07) is 18.2. The number of rotatable bonds is 6. The van der Waals surface area contributed by atoms with Crippen molar-refractivity contribution in [1.29, 1.82) is 0 Å². The molecule has 1 saturated carbocycles. The Bertz CT molecular complexity index is 1200. The second-order valence-corrected chi connectivity index (χ2v) is 8.73. The summed E-state index contributed by atoms with van der Waals surface area (Å²) in [5.41, 5.74) is 4.14. The Balaban J connectivity index is 1.42. The maximum Gasteiger partial charge on any atom is 0.411 e. The number of carboxylic acid groups (broad SMARTS) is 1. The summed E-state index contributed by atoms with van der Waals surface area (Å²) in [6.07, 6.45) is 0.498. The molecule has 168 valence electrons. The minimum absolute atomic E-state index is 0.0560. The fraction of sp³-hybridized carbons (Fsp3) is 0.231. The van der Waals surface area contributed by atoms with Crippen LogP contribution >= 0.6 is 11.6 Å². The minimum atomic E-state index is -1.52. The number of ether oxygens (including phenoxy) is 1. The van der Waals surface area contributed by atoms with Crippen LogP contribution in [0.5, 0.6) is 0 Å². The van der Waals surface area contributed by atoms with Gasteiger partial charge in [-0.3, -0.25) is 4.90 Å². The van der Waals surface area contributed by atoms with E-state index >= 15 is 0 Å². The van der Waals surface area contributed by atoms with Crippen molar-refractivity contribution in [2.45, 2.75) is 30.8 Å². The van der Waals surface area contributed by atoms with E-state index in [1.807, 2.05) is 48.5 Å². The van der Waals surface area contributed by atoms with E-state index in [2.05, 4.69) is 0 Å². The molecular weight excluding hydrogens is 445 g/mol. The lowest BCUT2D eigenvalue weighted by atomic mass is 9.98. The number of carbonyl (C=O) groups is 2. The number of nitrogens with zero attached hydrogens (tertiary/aromatic N) is 1. The van der Waals surface area contributed by atoms with Gasteiger partial charge in [-0.15, -0.1) is 0 Å². The summed E-state index contributed by atoms with van der Waals surface area (Å²) in [5.74, 6) is -2.34. The standard InChI is InChI=1S/C26H21ClFNO4/c27-22-11-5-10-20(23(22)28)24(25(30)31)29(15-12-13-15)26(32)33-14-21-18-8-3-1-6-16(18)17-7-2-4-9-19(17)21/h1-11,15,21,24H,12-14H2,(H,30,31). The monoisotopic (exact) mass is 465 g/mol. The number of amides is 1. The van der Waals surface area contributed by atoms with Gasteiger partial charge in [0.1, 0.15) is 12.4 Å². The van der Waals surface area contributed by atoms with E-state index < -0.39 is 23.9 Å². The number of hydrogen-bond donors (Lipinski definition) is 1. The molecule has 0 radical (unpaired) electrons. The lowest BCUT2D eigenvalue weighted by Crippen LogP contribution is -2.41. The van der Waals surface area contributed by atoms with Crippen molar-refractivity contribution in [3.63, 3.8) is 0 Å². The number of halogens is 2. The van der Waals surface area contributed by atoms with Crippen LogP contribution in [0.4, 0.5) is 9.18 Å². The SMILES string of the molecule is O=C(O)C(c1cccc(Cl)c1F)N(C(=O)OCC1c2ccccc2-c2ccccc21)C1CC1. The molecule has 0 aliphatic heterocycles. The van der Waals surface area contributed by atoms with Crippen LogP contribution < -0.4 is 0 Å². The van der Waals surface area contributed by atoms with Crippen LogP contribution in [0.1, 0.15) is 41.5 Å². The van der Waals surface area contributed by atoms with E-state index in [0.29, 0.717) is 12.8 Å². The summed E-state index contributed by atoms with van der Waals surface area (Å²) >= 11 is 5.88. The van der Waals surface area contributed by atoms with Crippen LogP contribution in [-0.4, -0.2) is 34.7 Å². The summed E-state index contributed by atoms with van der Waals surface area (Å²) in [4.78, 5) is 26.5. The number of hydrogen-bond acceptors (Lipinski definition) is 3. The van der Waals surface area contributed by atoms with E-state index in [4.69, 9.17) is 16.3 Å². The number of fused-ring (bicyclic) bond motifs is 3. The Kier molecular flexibility index (Phi) is 5.54. The molecule has 0 saturated heterocycles. The molecule has 0 spiro atoms. The summed E-state index contributed by atoms with van der Waals surface area (Å²) in [5, 5.41) is 9.73. The van der Waals surface area contributed by atoms with Crippen LogP contribution in [0.2, 0.25) is 5.02 Å². The highest BCUT2D eigenvalue weighted by Crippen LogP contribution is 2.45. The smallest absolute Gasteiger partial charge is 0.411 e. The first-order valence-electron chi connectivity index (χ1n) is 10.8. The van der Waals surface area contributed by atoms with Crippen LogP contribution in [0.3, 0.4) is 0 Å². The van der Waals surface area contributed by atoms with Gasteiger partial charge in [0.25, 0.3) is 0 Å². The largest absolute Gasteiger partial charge is 0.479 e. The zero-order valence-corrected chi connectivity index (χ0v) is 18.3. The first-order chi connectivity index (χ1) is 16.0. The highest BCUT2D eigenvalue weighted by molar-refractivity contribution is 6.30. The maximum atomic E-state index is 14.7. The van der Waals surface area contributed by atoms with Gasteiger partial charge < -0.3 is 9.84 Å². The van der Waals surface area contributed by atoms with Gasteiger partial charge >= 0.3 is 12.1 Å². The molecule has 1 unspecified atom stereocenters. The topological polar surface area (TPSA) is 66.8 Å². The number of aliphatic carboxylic acids is 1. The molecule has 2 aliphatic rings. The second-order valence-electron chi connectivity index (χ2n) is 8.33. The van der Waals surface area contributed by atoms with Crippen molar-refractivity contribution in [3.8, 4) is 11.1 Å². The molecule has 0 heterocycles. The molecule has 7 heteroatoms. The minimum Gasteiger partial charge on any atom is -0.479 e. The van der Waals surface area contributed by atoms with Gasteiger partial charge in [0.05, 0.1) is 5.02 Å². The van der Waals surface area contributed by atoms with Crippen LogP contribution in [0.15, 0.2) is 66.7 Å². The third kappa shape index (κ3) is 3.85. The van der Waals surface area contributed by atoms with Crippen molar-refractivity contribution in [2.75, 3.05) is 6.61 Å². The molecule has 3 aromatic rings. The predicted octanol–water partition coefficient (Wildman–Crippen LogP) is 6.02. The maximum absolute atomic E-state index is 14.7. The highest BCUT2D eigenvalue weighted by atomic mass is 35.5. The van der Waals surface area contributed by atoms with Crippen molar-refractivity contribution < 1.29 is 23.8 Å². The third-order valence-corrected chi connectivity index (χ3v) is 6.57. The predicted molar refractivity (Wildman–Crippen MR) is 122 cm³/mol. The normalized spacial score (nSPS) is 15.5. The third-order valence-electron chi connectivity index (χ3n) is 6.28. The Morgan fingerprint density at radius 2 is 1.61 bits per heavy atom. The van der Waals surface area contributed by atoms with Gasteiger partial charge in [-0.25, -0.2) is 14.0 Å². The Hall–Kier alpha value is -3.38. The average molecular weight is 466 g/mol. The summed E-state index contributed by atoms with van der Waals surface area (Å²) in [6.45, 7) is 0.0560. The molecule has 1 atom stereocenters. The molecule has 0 aromatic heterocycles. The molecule has 5 nitrogen and oxygen atoms in total.